The summed E-state index contributed by atoms with van der Waals surface area (Å²) in [5.74, 6) is -0.216. The van der Waals surface area contributed by atoms with Gasteiger partial charge in [-0.25, -0.2) is 15.0 Å². The van der Waals surface area contributed by atoms with E-state index in [0.29, 0.717) is 22.1 Å². The zero-order valence-corrected chi connectivity index (χ0v) is 14.3. The summed E-state index contributed by atoms with van der Waals surface area (Å²) in [4.78, 5) is 28.6. The van der Waals surface area contributed by atoms with Gasteiger partial charge in [0.05, 0.1) is 33.5 Å². The van der Waals surface area contributed by atoms with Crippen molar-refractivity contribution < 1.29 is 4.79 Å². The van der Waals surface area contributed by atoms with Crippen LogP contribution in [0.1, 0.15) is 21.7 Å². The SMILES string of the molecule is Cc1nc2ccc(C(=O)Nc3ccc4nc(Cl)[nH]c4c3)cc2nc1C. The Balaban J connectivity index is 1.65. The maximum Gasteiger partial charge on any atom is 0.255 e. The molecular weight excluding hydrogens is 338 g/mol. The van der Waals surface area contributed by atoms with Crippen LogP contribution in [0.5, 0.6) is 0 Å². The number of benzene rings is 2. The van der Waals surface area contributed by atoms with Crippen LogP contribution in [0.15, 0.2) is 36.4 Å². The molecule has 25 heavy (non-hydrogen) atoms. The Bertz CT molecular complexity index is 1140. The predicted octanol–water partition coefficient (Wildman–Crippen LogP) is 4.03. The molecule has 0 fully saturated rings. The Kier molecular flexibility index (Phi) is 3.62. The van der Waals surface area contributed by atoms with Crippen LogP contribution in [0.3, 0.4) is 0 Å². The number of hydrogen-bond acceptors (Lipinski definition) is 4. The molecule has 1 amide bonds. The monoisotopic (exact) mass is 351 g/mol. The van der Waals surface area contributed by atoms with Crippen molar-refractivity contribution in [3.63, 3.8) is 0 Å². The molecule has 2 heterocycles. The van der Waals surface area contributed by atoms with E-state index in [9.17, 15) is 4.79 Å². The fourth-order valence-corrected chi connectivity index (χ4v) is 2.82. The normalized spacial score (nSPS) is 11.2. The molecule has 0 aliphatic carbocycles. The van der Waals surface area contributed by atoms with Crippen molar-refractivity contribution in [2.45, 2.75) is 13.8 Å². The van der Waals surface area contributed by atoms with Crippen LogP contribution in [0, 0.1) is 13.8 Å². The number of rotatable bonds is 2. The molecule has 6 nitrogen and oxygen atoms in total. The molecule has 0 saturated carbocycles. The fourth-order valence-electron chi connectivity index (χ4n) is 2.63. The van der Waals surface area contributed by atoms with Crippen LogP contribution in [-0.2, 0) is 0 Å². The van der Waals surface area contributed by atoms with E-state index >= 15 is 0 Å². The molecular formula is C18H14ClN5O. The summed E-state index contributed by atoms with van der Waals surface area (Å²) in [5.41, 5.74) is 5.90. The van der Waals surface area contributed by atoms with Gasteiger partial charge in [-0.2, -0.15) is 0 Å². The van der Waals surface area contributed by atoms with Gasteiger partial charge < -0.3 is 10.3 Å². The molecule has 0 saturated heterocycles. The second kappa shape index (κ2) is 5.82. The molecule has 0 aliphatic heterocycles. The molecule has 0 radical (unpaired) electrons. The standard InChI is InChI=1S/C18H14ClN5O/c1-9-10(2)21-15-7-11(3-5-13(15)20-9)17(25)22-12-4-6-14-16(8-12)24-18(19)23-14/h3-8H,1-2H3,(H,22,25)(H,23,24). The summed E-state index contributed by atoms with van der Waals surface area (Å²) in [6, 6.07) is 10.7. The highest BCUT2D eigenvalue weighted by Gasteiger charge is 2.10. The number of aromatic nitrogens is 4. The minimum absolute atomic E-state index is 0.216. The van der Waals surface area contributed by atoms with E-state index in [1.165, 1.54) is 0 Å². The molecule has 4 aromatic rings. The molecule has 0 aliphatic rings. The molecule has 0 bridgehead atoms. The molecule has 7 heteroatoms. The van der Waals surface area contributed by atoms with E-state index in [-0.39, 0.29) is 5.91 Å². The topological polar surface area (TPSA) is 83.6 Å². The number of H-pyrrole nitrogens is 1. The van der Waals surface area contributed by atoms with E-state index < -0.39 is 0 Å². The van der Waals surface area contributed by atoms with Gasteiger partial charge in [-0.3, -0.25) is 4.79 Å². The van der Waals surface area contributed by atoms with Gasteiger partial charge in [0.25, 0.3) is 5.91 Å². The molecule has 0 spiro atoms. The van der Waals surface area contributed by atoms with Crippen molar-refractivity contribution in [1.29, 1.82) is 0 Å². The van der Waals surface area contributed by atoms with E-state index in [2.05, 4.69) is 25.3 Å². The van der Waals surface area contributed by atoms with Crippen LogP contribution >= 0.6 is 11.6 Å². The average Bonchev–Trinajstić information content (AvgIpc) is 2.94. The molecule has 4 rings (SSSR count). The molecule has 2 aromatic heterocycles. The number of anilines is 1. The van der Waals surface area contributed by atoms with Crippen LogP contribution < -0.4 is 5.32 Å². The van der Waals surface area contributed by atoms with Gasteiger partial charge in [-0.1, -0.05) is 0 Å². The second-order valence-corrected chi connectivity index (χ2v) is 6.17. The number of halogens is 1. The van der Waals surface area contributed by atoms with Crippen molar-refractivity contribution in [3.05, 3.63) is 58.6 Å². The number of amides is 1. The highest BCUT2D eigenvalue weighted by Crippen LogP contribution is 2.20. The molecule has 124 valence electrons. The molecule has 0 unspecified atom stereocenters. The first-order valence-corrected chi connectivity index (χ1v) is 8.09. The van der Waals surface area contributed by atoms with Gasteiger partial charge in [0.15, 0.2) is 0 Å². The van der Waals surface area contributed by atoms with Crippen molar-refractivity contribution in [2.24, 2.45) is 0 Å². The molecule has 2 aromatic carbocycles. The van der Waals surface area contributed by atoms with Gasteiger partial charge in [0, 0.05) is 11.3 Å². The van der Waals surface area contributed by atoms with Crippen LogP contribution in [0.2, 0.25) is 5.28 Å². The zero-order valence-electron chi connectivity index (χ0n) is 13.6. The van der Waals surface area contributed by atoms with E-state index in [4.69, 9.17) is 11.6 Å². The predicted molar refractivity (Wildman–Crippen MR) is 98.1 cm³/mol. The number of aryl methyl sites for hydroxylation is 2. The third kappa shape index (κ3) is 2.92. The maximum atomic E-state index is 12.5. The lowest BCUT2D eigenvalue weighted by Gasteiger charge is -2.07. The summed E-state index contributed by atoms with van der Waals surface area (Å²) < 4.78 is 0. The lowest BCUT2D eigenvalue weighted by Crippen LogP contribution is -2.12. The zero-order chi connectivity index (χ0) is 17.6. The first-order valence-electron chi connectivity index (χ1n) is 7.71. The van der Waals surface area contributed by atoms with Gasteiger partial charge >= 0.3 is 0 Å². The van der Waals surface area contributed by atoms with Crippen molar-refractivity contribution >= 4 is 45.3 Å². The average molecular weight is 352 g/mol. The highest BCUT2D eigenvalue weighted by atomic mass is 35.5. The first kappa shape index (κ1) is 15.5. The van der Waals surface area contributed by atoms with Crippen LogP contribution in [-0.4, -0.2) is 25.8 Å². The Morgan fingerprint density at radius 3 is 2.48 bits per heavy atom. The van der Waals surface area contributed by atoms with Crippen LogP contribution in [0.25, 0.3) is 22.1 Å². The maximum absolute atomic E-state index is 12.5. The number of aromatic amines is 1. The Morgan fingerprint density at radius 2 is 1.68 bits per heavy atom. The number of hydrogen-bond donors (Lipinski definition) is 2. The number of imidazole rings is 1. The lowest BCUT2D eigenvalue weighted by atomic mass is 10.1. The van der Waals surface area contributed by atoms with Gasteiger partial charge in [-0.15, -0.1) is 0 Å². The Labute approximate surface area is 148 Å². The third-order valence-electron chi connectivity index (χ3n) is 4.05. The second-order valence-electron chi connectivity index (χ2n) is 5.81. The van der Waals surface area contributed by atoms with Crippen molar-refractivity contribution in [2.75, 3.05) is 5.32 Å². The fraction of sp³-hybridized carbons (Fsp3) is 0.111. The Morgan fingerprint density at radius 1 is 0.960 bits per heavy atom. The summed E-state index contributed by atoms with van der Waals surface area (Å²) in [7, 11) is 0. The molecule has 0 atom stereocenters. The van der Waals surface area contributed by atoms with E-state index in [1.54, 1.807) is 30.3 Å². The van der Waals surface area contributed by atoms with E-state index in [0.717, 1.165) is 27.9 Å². The molecule has 2 N–H and O–H groups in total. The van der Waals surface area contributed by atoms with E-state index in [1.807, 2.05) is 19.9 Å². The highest BCUT2D eigenvalue weighted by molar-refractivity contribution is 6.29. The minimum atomic E-state index is -0.216. The quantitative estimate of drug-likeness (QED) is 0.571. The third-order valence-corrected chi connectivity index (χ3v) is 4.23. The van der Waals surface area contributed by atoms with Crippen molar-refractivity contribution in [1.82, 2.24) is 19.9 Å². The summed E-state index contributed by atoms with van der Waals surface area (Å²) in [6.45, 7) is 3.82. The van der Waals surface area contributed by atoms with Gasteiger partial charge in [-0.05, 0) is 61.8 Å². The van der Waals surface area contributed by atoms with Crippen molar-refractivity contribution in [3.8, 4) is 0 Å². The largest absolute Gasteiger partial charge is 0.329 e. The van der Waals surface area contributed by atoms with Crippen LogP contribution in [0.4, 0.5) is 5.69 Å². The minimum Gasteiger partial charge on any atom is -0.329 e. The summed E-state index contributed by atoms with van der Waals surface area (Å²) in [6.07, 6.45) is 0. The summed E-state index contributed by atoms with van der Waals surface area (Å²) in [5, 5.41) is 3.19. The number of carbonyl (C=O) groups excluding carboxylic acids is 1. The Hall–Kier alpha value is -2.99. The number of nitrogens with zero attached hydrogens (tertiary/aromatic N) is 3. The summed E-state index contributed by atoms with van der Waals surface area (Å²) >= 11 is 5.85. The van der Waals surface area contributed by atoms with Gasteiger partial charge in [0.1, 0.15) is 0 Å². The lowest BCUT2D eigenvalue weighted by molar-refractivity contribution is 0.102. The van der Waals surface area contributed by atoms with Gasteiger partial charge in [0.2, 0.25) is 5.28 Å². The number of fused-ring (bicyclic) bond motifs is 2. The smallest absolute Gasteiger partial charge is 0.255 e. The first-order chi connectivity index (χ1) is 12.0. The number of nitrogens with one attached hydrogen (secondary N) is 2. The number of carbonyl (C=O) groups is 1.